The van der Waals surface area contributed by atoms with E-state index in [4.69, 9.17) is 0 Å². The highest BCUT2D eigenvalue weighted by molar-refractivity contribution is 6.11. The van der Waals surface area contributed by atoms with Crippen LogP contribution in [-0.4, -0.2) is 11.6 Å². The van der Waals surface area contributed by atoms with Crippen LogP contribution >= 0.6 is 0 Å². The Kier molecular flexibility index (Phi) is 1.23. The normalized spacial score (nSPS) is 40.5. The lowest BCUT2D eigenvalue weighted by Gasteiger charge is -2.05. The molecule has 0 radical (unpaired) electrons. The van der Waals surface area contributed by atoms with Crippen molar-refractivity contribution >= 4 is 11.6 Å². The zero-order valence-corrected chi connectivity index (χ0v) is 6.72. The molecule has 2 aliphatic carbocycles. The quantitative estimate of drug-likeness (QED) is 0.559. The summed E-state index contributed by atoms with van der Waals surface area (Å²) in [5.74, 6) is 0.835. The molecule has 0 saturated heterocycles. The third-order valence-corrected chi connectivity index (χ3v) is 3.14. The fourth-order valence-electron chi connectivity index (χ4n) is 2.36. The molecule has 0 spiro atoms. The minimum atomic E-state index is -0.450. The molecule has 2 saturated carbocycles. The van der Waals surface area contributed by atoms with Crippen molar-refractivity contribution in [3.05, 3.63) is 0 Å². The van der Waals surface area contributed by atoms with Gasteiger partial charge in [0.15, 0.2) is 0 Å². The van der Waals surface area contributed by atoms with Crippen molar-refractivity contribution in [3.63, 3.8) is 0 Å². The summed E-state index contributed by atoms with van der Waals surface area (Å²) in [4.78, 5) is 22.7. The van der Waals surface area contributed by atoms with Gasteiger partial charge in [0.25, 0.3) is 0 Å². The van der Waals surface area contributed by atoms with E-state index in [0.717, 1.165) is 12.8 Å². The van der Waals surface area contributed by atoms with Gasteiger partial charge in [-0.1, -0.05) is 6.92 Å². The lowest BCUT2D eigenvalue weighted by Crippen LogP contribution is -2.22. The Morgan fingerprint density at radius 3 is 2.82 bits per heavy atom. The Labute approximate surface area is 66.0 Å². The summed E-state index contributed by atoms with van der Waals surface area (Å²) >= 11 is 0. The molecule has 11 heavy (non-hydrogen) atoms. The Morgan fingerprint density at radius 2 is 2.45 bits per heavy atom. The molecule has 0 aromatic heterocycles. The molecule has 0 aromatic rings. The average molecular weight is 152 g/mol. The largest absolute Gasteiger partial charge is 0.299 e. The molecular weight excluding hydrogens is 140 g/mol. The second-order valence-electron chi connectivity index (χ2n) is 3.61. The molecule has 0 bridgehead atoms. The van der Waals surface area contributed by atoms with Crippen LogP contribution in [0.5, 0.6) is 0 Å². The van der Waals surface area contributed by atoms with E-state index in [1.807, 2.05) is 6.92 Å². The highest BCUT2D eigenvalue weighted by Crippen LogP contribution is 2.62. The zero-order chi connectivity index (χ0) is 8.06. The second-order valence-corrected chi connectivity index (χ2v) is 3.61. The number of carbonyl (C=O) groups excluding carboxylic acids is 2. The number of rotatable bonds is 2. The molecule has 2 heteroatoms. The van der Waals surface area contributed by atoms with Crippen molar-refractivity contribution in [2.75, 3.05) is 0 Å². The van der Waals surface area contributed by atoms with Gasteiger partial charge in [-0.2, -0.15) is 0 Å². The molecule has 0 N–H and O–H groups in total. The molecule has 0 amide bonds. The van der Waals surface area contributed by atoms with Crippen LogP contribution in [0.2, 0.25) is 0 Å². The summed E-state index contributed by atoms with van der Waals surface area (Å²) in [6, 6.07) is 0. The van der Waals surface area contributed by atoms with Gasteiger partial charge < -0.3 is 0 Å². The number of hydrogen-bond acceptors (Lipinski definition) is 2. The number of carbonyl (C=O) groups is 2. The van der Waals surface area contributed by atoms with E-state index >= 15 is 0 Å². The monoisotopic (exact) mass is 152 g/mol. The van der Waals surface area contributed by atoms with Gasteiger partial charge in [-0.05, 0) is 18.8 Å². The maximum Gasteiger partial charge on any atom is 0.146 e. The first kappa shape index (κ1) is 7.01. The molecule has 0 aromatic carbocycles. The van der Waals surface area contributed by atoms with Gasteiger partial charge in [0.1, 0.15) is 11.6 Å². The fraction of sp³-hybridized carbons (Fsp3) is 0.778. The van der Waals surface area contributed by atoms with E-state index < -0.39 is 5.41 Å². The highest BCUT2D eigenvalue weighted by Gasteiger charge is 2.66. The van der Waals surface area contributed by atoms with E-state index in [0.29, 0.717) is 18.8 Å². The van der Waals surface area contributed by atoms with Gasteiger partial charge in [-0.15, -0.1) is 0 Å². The Morgan fingerprint density at radius 1 is 1.73 bits per heavy atom. The summed E-state index contributed by atoms with van der Waals surface area (Å²) in [6.07, 6.45) is 3.00. The minimum absolute atomic E-state index is 0.185. The second kappa shape index (κ2) is 1.93. The summed E-state index contributed by atoms with van der Waals surface area (Å²) in [5.41, 5.74) is -0.450. The van der Waals surface area contributed by atoms with Crippen LogP contribution in [0.25, 0.3) is 0 Å². The van der Waals surface area contributed by atoms with Crippen LogP contribution in [0.1, 0.15) is 32.6 Å². The molecule has 0 aliphatic heterocycles. The SMILES string of the molecule is CCC(=O)C12CC1CCC2=O. The van der Waals surface area contributed by atoms with Crippen LogP contribution < -0.4 is 0 Å². The van der Waals surface area contributed by atoms with E-state index in [1.165, 1.54) is 0 Å². The van der Waals surface area contributed by atoms with Crippen LogP contribution in [0.15, 0.2) is 0 Å². The predicted molar refractivity (Wildman–Crippen MR) is 40.1 cm³/mol. The first-order valence-corrected chi connectivity index (χ1v) is 4.28. The lowest BCUT2D eigenvalue weighted by molar-refractivity contribution is -0.133. The lowest BCUT2D eigenvalue weighted by atomic mass is 9.95. The van der Waals surface area contributed by atoms with Crippen molar-refractivity contribution < 1.29 is 9.59 Å². The standard InChI is InChI=1S/C9H12O2/c1-2-7(10)9-5-6(9)3-4-8(9)11/h6H,2-5H2,1H3. The third-order valence-electron chi connectivity index (χ3n) is 3.14. The summed E-state index contributed by atoms with van der Waals surface area (Å²) < 4.78 is 0. The predicted octanol–water partition coefficient (Wildman–Crippen LogP) is 1.33. The van der Waals surface area contributed by atoms with Crippen molar-refractivity contribution in [2.24, 2.45) is 11.3 Å². The molecule has 0 heterocycles. The highest BCUT2D eigenvalue weighted by atomic mass is 16.2. The van der Waals surface area contributed by atoms with Crippen molar-refractivity contribution in [1.29, 1.82) is 0 Å². The van der Waals surface area contributed by atoms with E-state index in [1.54, 1.807) is 0 Å². The topological polar surface area (TPSA) is 34.1 Å². The number of ketones is 2. The van der Waals surface area contributed by atoms with Crippen LogP contribution in [0.4, 0.5) is 0 Å². The van der Waals surface area contributed by atoms with Gasteiger partial charge in [0.05, 0.1) is 5.41 Å². The number of fused-ring (bicyclic) bond motifs is 1. The molecule has 2 nitrogen and oxygen atoms in total. The minimum Gasteiger partial charge on any atom is -0.299 e. The Bertz CT molecular complexity index is 232. The van der Waals surface area contributed by atoms with E-state index in [9.17, 15) is 9.59 Å². The molecule has 2 atom stereocenters. The smallest absolute Gasteiger partial charge is 0.146 e. The molecule has 2 rings (SSSR count). The average Bonchev–Trinajstić information content (AvgIpc) is 2.68. The van der Waals surface area contributed by atoms with Gasteiger partial charge in [0, 0.05) is 12.8 Å². The molecule has 2 unspecified atom stereocenters. The molecule has 2 aliphatic rings. The molecular formula is C9H12O2. The van der Waals surface area contributed by atoms with Crippen molar-refractivity contribution in [1.82, 2.24) is 0 Å². The maximum absolute atomic E-state index is 11.4. The van der Waals surface area contributed by atoms with E-state index in [2.05, 4.69) is 0 Å². The van der Waals surface area contributed by atoms with E-state index in [-0.39, 0.29) is 11.6 Å². The van der Waals surface area contributed by atoms with Gasteiger partial charge >= 0.3 is 0 Å². The fourth-order valence-corrected chi connectivity index (χ4v) is 2.36. The maximum atomic E-state index is 11.4. The summed E-state index contributed by atoms with van der Waals surface area (Å²) in [7, 11) is 0. The first-order valence-electron chi connectivity index (χ1n) is 4.28. The van der Waals surface area contributed by atoms with Crippen LogP contribution in [0, 0.1) is 11.3 Å². The summed E-state index contributed by atoms with van der Waals surface area (Å²) in [5, 5.41) is 0. The molecule has 60 valence electrons. The third kappa shape index (κ3) is 0.673. The van der Waals surface area contributed by atoms with Crippen molar-refractivity contribution in [2.45, 2.75) is 32.6 Å². The van der Waals surface area contributed by atoms with Gasteiger partial charge in [-0.3, -0.25) is 9.59 Å². The number of Topliss-reactive ketones (excluding diaryl/α,β-unsaturated/α-hetero) is 2. The Balaban J connectivity index is 2.24. The Hall–Kier alpha value is -0.660. The van der Waals surface area contributed by atoms with Gasteiger partial charge in [-0.25, -0.2) is 0 Å². The number of hydrogen-bond donors (Lipinski definition) is 0. The molecule has 2 fully saturated rings. The van der Waals surface area contributed by atoms with Gasteiger partial charge in [0.2, 0.25) is 0 Å². The van der Waals surface area contributed by atoms with Crippen LogP contribution in [-0.2, 0) is 9.59 Å². The first-order chi connectivity index (χ1) is 5.21. The van der Waals surface area contributed by atoms with Crippen molar-refractivity contribution in [3.8, 4) is 0 Å². The summed E-state index contributed by atoms with van der Waals surface area (Å²) in [6.45, 7) is 1.85. The van der Waals surface area contributed by atoms with Crippen LogP contribution in [0.3, 0.4) is 0 Å². The zero-order valence-electron chi connectivity index (χ0n) is 6.72.